The highest BCUT2D eigenvalue weighted by Gasteiger charge is 2.20. The maximum atomic E-state index is 13.9. The lowest BCUT2D eigenvalue weighted by Gasteiger charge is -2.19. The van der Waals surface area contributed by atoms with Gasteiger partial charge >= 0.3 is 0 Å². The third-order valence-electron chi connectivity index (χ3n) is 4.78. The summed E-state index contributed by atoms with van der Waals surface area (Å²) in [6.45, 7) is 5.86. The quantitative estimate of drug-likeness (QED) is 0.272. The van der Waals surface area contributed by atoms with Gasteiger partial charge in [0.1, 0.15) is 11.9 Å². The molecule has 3 aromatic rings. The summed E-state index contributed by atoms with van der Waals surface area (Å²) in [5, 5.41) is 3.43. The summed E-state index contributed by atoms with van der Waals surface area (Å²) in [5.41, 5.74) is 9.16. The monoisotopic (exact) mass is 495 g/mol. The summed E-state index contributed by atoms with van der Waals surface area (Å²) >= 11 is 12.3. The van der Waals surface area contributed by atoms with E-state index in [2.05, 4.69) is 10.3 Å². The first-order chi connectivity index (χ1) is 15.0. The smallest absolute Gasteiger partial charge is 0.166 e. The minimum atomic E-state index is -2.10. The molecule has 32 heavy (non-hydrogen) atoms. The lowest BCUT2D eigenvalue weighted by Crippen LogP contribution is -2.14. The number of halogens is 3. The molecule has 0 amide bonds. The number of hydrogen-bond donors (Lipinski definition) is 2. The summed E-state index contributed by atoms with van der Waals surface area (Å²) in [5.74, 6) is -0.0240. The van der Waals surface area contributed by atoms with Crippen molar-refractivity contribution in [3.8, 4) is 16.9 Å². The van der Waals surface area contributed by atoms with E-state index in [0.29, 0.717) is 29.2 Å². The molecule has 1 atom stereocenters. The van der Waals surface area contributed by atoms with Gasteiger partial charge in [-0.25, -0.2) is 9.37 Å². The van der Waals surface area contributed by atoms with Crippen molar-refractivity contribution in [2.24, 2.45) is 0 Å². The van der Waals surface area contributed by atoms with Crippen molar-refractivity contribution in [1.82, 2.24) is 10.3 Å². The second kappa shape index (κ2) is 10.2. The van der Waals surface area contributed by atoms with Crippen LogP contribution in [0.1, 0.15) is 24.2 Å². The number of rotatable bonds is 8. The van der Waals surface area contributed by atoms with E-state index in [4.69, 9.17) is 33.7 Å². The van der Waals surface area contributed by atoms with Crippen LogP contribution in [0.4, 0.5) is 10.2 Å². The van der Waals surface area contributed by atoms with Crippen molar-refractivity contribution in [1.29, 1.82) is 0 Å². The Morgan fingerprint density at radius 2 is 1.84 bits per heavy atom. The molecule has 0 spiro atoms. The molecular weight excluding hydrogens is 471 g/mol. The van der Waals surface area contributed by atoms with Crippen molar-refractivity contribution in [3.63, 3.8) is 0 Å². The highest BCUT2D eigenvalue weighted by Crippen LogP contribution is 2.37. The Balaban J connectivity index is 1.77. The number of nitrogens with one attached hydrogen (secondary N) is 1. The minimum Gasteiger partial charge on any atom is -0.482 e. The van der Waals surface area contributed by atoms with Gasteiger partial charge in [-0.3, -0.25) is 0 Å². The number of benzene rings is 2. The maximum Gasteiger partial charge on any atom is 0.166 e. The topological polar surface area (TPSA) is 77.2 Å². The molecular formula is C23H25Cl2FN3O2P. The fraction of sp³-hybridized carbons (Fsp3) is 0.261. The van der Waals surface area contributed by atoms with Gasteiger partial charge in [-0.1, -0.05) is 47.5 Å². The molecule has 3 rings (SSSR count). The Kier molecular flexibility index (Phi) is 7.84. The van der Waals surface area contributed by atoms with E-state index in [-0.39, 0.29) is 10.8 Å². The number of hydrogen-bond acceptors (Lipinski definition) is 5. The zero-order chi connectivity index (χ0) is 23.5. The molecule has 3 N–H and O–H groups in total. The molecule has 0 saturated carbocycles. The van der Waals surface area contributed by atoms with Crippen molar-refractivity contribution < 1.29 is 13.7 Å². The number of ether oxygens (including phenoxy) is 1. The molecule has 0 aliphatic rings. The summed E-state index contributed by atoms with van der Waals surface area (Å²) in [7, 11) is -2.10. The Morgan fingerprint density at radius 1 is 1.16 bits per heavy atom. The van der Waals surface area contributed by atoms with Crippen LogP contribution in [-0.2, 0) is 11.1 Å². The fourth-order valence-electron chi connectivity index (χ4n) is 3.16. The number of nitrogens with zero attached hydrogens (tertiary/aromatic N) is 1. The van der Waals surface area contributed by atoms with E-state index in [0.717, 1.165) is 16.7 Å². The van der Waals surface area contributed by atoms with Crippen molar-refractivity contribution in [2.45, 2.75) is 19.6 Å². The molecule has 1 unspecified atom stereocenters. The lowest BCUT2D eigenvalue weighted by atomic mass is 10.1. The van der Waals surface area contributed by atoms with Crippen molar-refractivity contribution in [2.75, 3.05) is 25.3 Å². The van der Waals surface area contributed by atoms with E-state index in [1.165, 1.54) is 12.1 Å². The molecule has 5 nitrogen and oxygen atoms in total. The summed E-state index contributed by atoms with van der Waals surface area (Å²) < 4.78 is 31.6. The largest absolute Gasteiger partial charge is 0.482 e. The first-order valence-corrected chi connectivity index (χ1v) is 13.5. The average Bonchev–Trinajstić information content (AvgIpc) is 2.72. The molecule has 1 aromatic heterocycles. The van der Waals surface area contributed by atoms with E-state index in [1.807, 2.05) is 24.3 Å². The zero-order valence-corrected chi connectivity index (χ0v) is 20.4. The van der Waals surface area contributed by atoms with Crippen LogP contribution in [0, 0.1) is 5.82 Å². The molecule has 2 aromatic carbocycles. The Hall–Kier alpha value is -2.11. The van der Waals surface area contributed by atoms with E-state index < -0.39 is 19.1 Å². The molecule has 0 fully saturated rings. The highest BCUT2D eigenvalue weighted by atomic mass is 35.5. The van der Waals surface area contributed by atoms with Gasteiger partial charge in [0.25, 0.3) is 0 Å². The van der Waals surface area contributed by atoms with Gasteiger partial charge in [0.2, 0.25) is 0 Å². The van der Waals surface area contributed by atoms with Crippen molar-refractivity contribution >= 4 is 36.2 Å². The average molecular weight is 496 g/mol. The number of aromatic nitrogens is 1. The van der Waals surface area contributed by atoms with Crippen LogP contribution in [0.15, 0.2) is 48.7 Å². The number of pyridine rings is 1. The number of nitrogens with two attached hydrogens (primary N) is 1. The summed E-state index contributed by atoms with van der Waals surface area (Å²) in [6, 6.07) is 12.3. The van der Waals surface area contributed by atoms with Crippen LogP contribution < -0.4 is 15.8 Å². The fourth-order valence-corrected chi connectivity index (χ4v) is 4.48. The third-order valence-corrected chi connectivity index (χ3v) is 6.48. The van der Waals surface area contributed by atoms with Crippen molar-refractivity contribution in [3.05, 3.63) is 75.7 Å². The highest BCUT2D eigenvalue weighted by molar-refractivity contribution is 7.62. The van der Waals surface area contributed by atoms with Gasteiger partial charge in [-0.15, -0.1) is 0 Å². The standard InChI is InChI=1S/C23H25Cl2FN3O2P/c1-14(21-18(24)8-9-19(26)22(21)25)31-20-10-17(12-29-23(20)27)16-6-4-15(5-7-16)11-28-13-32(2,3)30/h4-10,12,14,28H,11,13H2,1-3H3,(H2,27,29). The van der Waals surface area contributed by atoms with E-state index >= 15 is 0 Å². The second-order valence-electron chi connectivity index (χ2n) is 7.98. The zero-order valence-electron chi connectivity index (χ0n) is 18.0. The van der Waals surface area contributed by atoms with Crippen LogP contribution in [0.2, 0.25) is 10.0 Å². The predicted octanol–water partition coefficient (Wildman–Crippen LogP) is 6.59. The molecule has 170 valence electrons. The first kappa shape index (κ1) is 24.5. The van der Waals surface area contributed by atoms with Gasteiger partial charge in [0.15, 0.2) is 11.6 Å². The molecule has 0 aliphatic carbocycles. The SMILES string of the molecule is CC(Oc1cc(-c2ccc(CNCP(C)(C)=O)cc2)cnc1N)c1c(Cl)ccc(F)c1Cl. The maximum absolute atomic E-state index is 13.9. The molecule has 0 saturated heterocycles. The van der Waals surface area contributed by atoms with Crippen LogP contribution in [0.3, 0.4) is 0 Å². The lowest BCUT2D eigenvalue weighted by molar-refractivity contribution is 0.227. The van der Waals surface area contributed by atoms with Crippen LogP contribution in [0.25, 0.3) is 11.1 Å². The van der Waals surface area contributed by atoms with Crippen LogP contribution in [-0.4, -0.2) is 24.6 Å². The normalized spacial score (nSPS) is 12.6. The van der Waals surface area contributed by atoms with E-state index in [1.54, 1.807) is 32.5 Å². The van der Waals surface area contributed by atoms with Gasteiger partial charge in [0, 0.05) is 35.2 Å². The molecule has 1 heterocycles. The molecule has 0 bridgehead atoms. The summed E-state index contributed by atoms with van der Waals surface area (Å²) in [4.78, 5) is 4.23. The molecule has 0 aliphatic heterocycles. The Labute approximate surface area is 197 Å². The second-order valence-corrected chi connectivity index (χ2v) is 12.2. The predicted molar refractivity (Wildman–Crippen MR) is 131 cm³/mol. The number of nitrogen functional groups attached to an aromatic ring is 1. The summed E-state index contributed by atoms with van der Waals surface area (Å²) in [6.07, 6.45) is 1.51. The minimum absolute atomic E-state index is 0.0839. The van der Waals surface area contributed by atoms with Crippen LogP contribution in [0.5, 0.6) is 5.75 Å². The van der Waals surface area contributed by atoms with Gasteiger partial charge in [0.05, 0.1) is 12.2 Å². The first-order valence-electron chi connectivity index (χ1n) is 9.95. The Morgan fingerprint density at radius 3 is 2.50 bits per heavy atom. The number of anilines is 1. The van der Waals surface area contributed by atoms with Gasteiger partial charge in [-0.2, -0.15) is 0 Å². The van der Waals surface area contributed by atoms with Gasteiger partial charge in [-0.05, 0) is 49.6 Å². The van der Waals surface area contributed by atoms with Crippen LogP contribution >= 0.6 is 30.3 Å². The molecule has 9 heteroatoms. The molecule has 0 radical (unpaired) electrons. The Bertz CT molecular complexity index is 1150. The van der Waals surface area contributed by atoms with Gasteiger partial charge < -0.3 is 20.4 Å². The van der Waals surface area contributed by atoms with E-state index in [9.17, 15) is 8.96 Å². The third kappa shape index (κ3) is 6.23.